The van der Waals surface area contributed by atoms with Gasteiger partial charge in [0.1, 0.15) is 0 Å². The van der Waals surface area contributed by atoms with Crippen LogP contribution in [0, 0.1) is 0 Å². The molecule has 0 aliphatic carbocycles. The van der Waals surface area contributed by atoms with Gasteiger partial charge in [-0.3, -0.25) is 0 Å². The third-order valence-corrected chi connectivity index (χ3v) is 4.13. The van der Waals surface area contributed by atoms with Gasteiger partial charge in [0.05, 0.1) is 5.38 Å². The second-order valence-corrected chi connectivity index (χ2v) is 5.87. The third kappa shape index (κ3) is 2.42. The molecule has 2 rings (SSSR count). The summed E-state index contributed by atoms with van der Waals surface area (Å²) in [5.74, 6) is 1.12. The number of benzene rings is 1. The molecule has 2 heteroatoms. The van der Waals surface area contributed by atoms with Crippen molar-refractivity contribution in [1.29, 1.82) is 0 Å². The molecule has 0 saturated heterocycles. The van der Waals surface area contributed by atoms with Gasteiger partial charge in [0.25, 0.3) is 0 Å². The molecule has 0 N–H and O–H groups in total. The van der Waals surface area contributed by atoms with Gasteiger partial charge in [-0.1, -0.05) is 57.2 Å². The fourth-order valence-electron chi connectivity index (χ4n) is 2.00. The first-order chi connectivity index (χ1) is 8.11. The molecule has 0 radical (unpaired) electrons. The first-order valence-electron chi connectivity index (χ1n) is 6.20. The molecule has 90 valence electrons. The number of para-hydroxylation sites is 1. The minimum absolute atomic E-state index is 0.555. The molecule has 0 fully saturated rings. The lowest BCUT2D eigenvalue weighted by Crippen LogP contribution is -2.38. The number of hydrogen-bond acceptors (Lipinski definition) is 1. The van der Waals surface area contributed by atoms with E-state index in [1.165, 1.54) is 16.4 Å². The van der Waals surface area contributed by atoms with Gasteiger partial charge in [0.2, 0.25) is 16.4 Å². The van der Waals surface area contributed by atoms with E-state index in [2.05, 4.69) is 68.0 Å². The topological polar surface area (TPSA) is 3.88 Å². The van der Waals surface area contributed by atoms with Gasteiger partial charge < -0.3 is 0 Å². The molecule has 0 spiro atoms. The van der Waals surface area contributed by atoms with E-state index in [4.69, 9.17) is 0 Å². The Morgan fingerprint density at radius 1 is 0.941 bits per heavy atom. The van der Waals surface area contributed by atoms with Crippen molar-refractivity contribution in [3.63, 3.8) is 0 Å². The minimum atomic E-state index is 0.555. The molecular weight excluding hydrogens is 226 g/mol. The Balaban J connectivity index is 2.60. The zero-order valence-corrected chi connectivity index (χ0v) is 11.8. The van der Waals surface area contributed by atoms with Crippen LogP contribution >= 0.6 is 11.3 Å². The van der Waals surface area contributed by atoms with Crippen molar-refractivity contribution in [1.82, 2.24) is 0 Å². The Kier molecular flexibility index (Phi) is 3.63. The van der Waals surface area contributed by atoms with E-state index in [1.807, 2.05) is 11.3 Å². The van der Waals surface area contributed by atoms with E-state index in [0.717, 1.165) is 0 Å². The average Bonchev–Trinajstić information content (AvgIpc) is 2.74. The molecule has 0 bridgehead atoms. The summed E-state index contributed by atoms with van der Waals surface area (Å²) in [6, 6.07) is 10.7. The quantitative estimate of drug-likeness (QED) is 0.712. The lowest BCUT2D eigenvalue weighted by atomic mass is 10.1. The summed E-state index contributed by atoms with van der Waals surface area (Å²) >= 11 is 1.87. The molecule has 0 amide bonds. The van der Waals surface area contributed by atoms with Crippen LogP contribution in [0.25, 0.3) is 5.69 Å². The summed E-state index contributed by atoms with van der Waals surface area (Å²) in [7, 11) is 0. The highest BCUT2D eigenvalue weighted by molar-refractivity contribution is 7.09. The van der Waals surface area contributed by atoms with Gasteiger partial charge >= 0.3 is 0 Å². The highest BCUT2D eigenvalue weighted by Crippen LogP contribution is 2.24. The maximum absolute atomic E-state index is 2.42. The van der Waals surface area contributed by atoms with Crippen LogP contribution in [0.5, 0.6) is 0 Å². The highest BCUT2D eigenvalue weighted by Gasteiger charge is 2.26. The normalized spacial score (nSPS) is 11.4. The van der Waals surface area contributed by atoms with Crippen LogP contribution in [0.15, 0.2) is 35.7 Å². The summed E-state index contributed by atoms with van der Waals surface area (Å²) < 4.78 is 2.42. The van der Waals surface area contributed by atoms with E-state index in [1.54, 1.807) is 0 Å². The van der Waals surface area contributed by atoms with Crippen molar-refractivity contribution in [2.24, 2.45) is 0 Å². The van der Waals surface area contributed by atoms with E-state index >= 15 is 0 Å². The van der Waals surface area contributed by atoms with Crippen LogP contribution in [0.1, 0.15) is 50.2 Å². The molecule has 0 unspecified atom stereocenters. The molecule has 0 aliphatic rings. The maximum Gasteiger partial charge on any atom is 0.245 e. The second-order valence-electron chi connectivity index (χ2n) is 4.98. The number of thiazole rings is 1. The van der Waals surface area contributed by atoms with Gasteiger partial charge in [-0.25, -0.2) is 0 Å². The van der Waals surface area contributed by atoms with Gasteiger partial charge in [0.15, 0.2) is 0 Å². The zero-order valence-electron chi connectivity index (χ0n) is 11.0. The standard InChI is InChI=1S/C15H20NS/c1-11(2)14-10-17-15(12(3)4)16(14)13-8-6-5-7-9-13/h5-12H,1-4H3/q+1. The molecule has 0 saturated carbocycles. The van der Waals surface area contributed by atoms with Crippen molar-refractivity contribution in [3.8, 4) is 5.69 Å². The van der Waals surface area contributed by atoms with Crippen molar-refractivity contribution in [2.45, 2.75) is 39.5 Å². The second kappa shape index (κ2) is 5.01. The van der Waals surface area contributed by atoms with E-state index < -0.39 is 0 Å². The molecule has 1 aromatic carbocycles. The summed E-state index contributed by atoms with van der Waals surface area (Å²) in [4.78, 5) is 0. The molecule has 1 aromatic heterocycles. The number of nitrogens with zero attached hydrogens (tertiary/aromatic N) is 1. The molecular formula is C15H20NS+. The molecule has 1 heterocycles. The van der Waals surface area contributed by atoms with Crippen LogP contribution in [-0.2, 0) is 0 Å². The van der Waals surface area contributed by atoms with Crippen LogP contribution in [0.3, 0.4) is 0 Å². The fraction of sp³-hybridized carbons (Fsp3) is 0.400. The number of rotatable bonds is 3. The predicted molar refractivity (Wildman–Crippen MR) is 74.0 cm³/mol. The number of aromatic nitrogens is 1. The Bertz CT molecular complexity index is 457. The Hall–Kier alpha value is -1.15. The summed E-state index contributed by atoms with van der Waals surface area (Å²) in [5.41, 5.74) is 2.69. The smallest absolute Gasteiger partial charge is 0.151 e. The van der Waals surface area contributed by atoms with E-state index in [-0.39, 0.29) is 0 Å². The van der Waals surface area contributed by atoms with Gasteiger partial charge in [-0.05, 0) is 0 Å². The maximum atomic E-state index is 2.42. The first kappa shape index (κ1) is 12.3. The van der Waals surface area contributed by atoms with Crippen molar-refractivity contribution < 1.29 is 4.57 Å². The fourth-order valence-corrected chi connectivity index (χ4v) is 3.20. The Morgan fingerprint density at radius 3 is 2.12 bits per heavy atom. The first-order valence-corrected chi connectivity index (χ1v) is 7.08. The van der Waals surface area contributed by atoms with Crippen molar-refractivity contribution in [2.75, 3.05) is 0 Å². The Labute approximate surface area is 108 Å². The van der Waals surface area contributed by atoms with Gasteiger partial charge in [-0.2, -0.15) is 4.57 Å². The number of hydrogen-bond donors (Lipinski definition) is 0. The largest absolute Gasteiger partial charge is 0.245 e. The van der Waals surface area contributed by atoms with Crippen LogP contribution in [-0.4, -0.2) is 0 Å². The van der Waals surface area contributed by atoms with E-state index in [9.17, 15) is 0 Å². The molecule has 2 aromatic rings. The predicted octanol–water partition coefficient (Wildman–Crippen LogP) is 4.27. The highest BCUT2D eigenvalue weighted by atomic mass is 32.1. The summed E-state index contributed by atoms with van der Waals surface area (Å²) in [5, 5.41) is 3.73. The SMILES string of the molecule is CC(C)c1csc(C(C)C)[n+]1-c1ccccc1. The third-order valence-electron chi connectivity index (χ3n) is 2.88. The van der Waals surface area contributed by atoms with E-state index in [0.29, 0.717) is 11.8 Å². The lowest BCUT2D eigenvalue weighted by Gasteiger charge is -2.05. The van der Waals surface area contributed by atoms with Gasteiger partial charge in [0, 0.05) is 24.0 Å². The summed E-state index contributed by atoms with van der Waals surface area (Å²) in [6.45, 7) is 9.03. The van der Waals surface area contributed by atoms with Crippen LogP contribution in [0.4, 0.5) is 0 Å². The summed E-state index contributed by atoms with van der Waals surface area (Å²) in [6.07, 6.45) is 0. The van der Waals surface area contributed by atoms with Crippen molar-refractivity contribution in [3.05, 3.63) is 46.4 Å². The minimum Gasteiger partial charge on any atom is -0.151 e. The zero-order chi connectivity index (χ0) is 12.4. The molecule has 0 aliphatic heterocycles. The average molecular weight is 246 g/mol. The molecule has 0 atom stereocenters. The Morgan fingerprint density at radius 2 is 1.59 bits per heavy atom. The molecule has 17 heavy (non-hydrogen) atoms. The van der Waals surface area contributed by atoms with Crippen molar-refractivity contribution >= 4 is 11.3 Å². The van der Waals surface area contributed by atoms with Crippen LogP contribution < -0.4 is 4.57 Å². The van der Waals surface area contributed by atoms with Gasteiger partial charge in [-0.15, -0.1) is 0 Å². The van der Waals surface area contributed by atoms with Crippen LogP contribution in [0.2, 0.25) is 0 Å². The lowest BCUT2D eigenvalue weighted by molar-refractivity contribution is -0.609. The molecule has 1 nitrogen and oxygen atoms in total. The monoisotopic (exact) mass is 246 g/mol.